The van der Waals surface area contributed by atoms with Gasteiger partial charge < -0.3 is 13.9 Å². The monoisotopic (exact) mass is 326 g/mol. The number of hydrogen-bond acceptors (Lipinski definition) is 6. The second-order valence-corrected chi connectivity index (χ2v) is 10.6. The lowest BCUT2D eigenvalue weighted by atomic mass is 10.1. The first-order valence-corrected chi connectivity index (χ1v) is 10.2. The van der Waals surface area contributed by atoms with Crippen LogP contribution >= 0.6 is 17.1 Å². The smallest absolute Gasteiger partial charge is 0.322 e. The summed E-state index contributed by atoms with van der Waals surface area (Å²) in [5.74, 6) is -0.0406. The number of hydrogen-bond donors (Lipinski definition) is 1. The van der Waals surface area contributed by atoms with E-state index in [1.165, 1.54) is 16.3 Å². The Morgan fingerprint density at radius 1 is 1.32 bits per heavy atom. The highest BCUT2D eigenvalue weighted by Crippen LogP contribution is 2.61. The molecule has 0 radical (unpaired) electrons. The van der Waals surface area contributed by atoms with Crippen molar-refractivity contribution in [1.29, 1.82) is 0 Å². The summed E-state index contributed by atoms with van der Waals surface area (Å²) in [6.45, 7) is 7.99. The first kappa shape index (κ1) is 16.9. The molecule has 1 N–H and O–H groups in total. The van der Waals surface area contributed by atoms with Crippen LogP contribution in [0.2, 0.25) is 0 Å². The van der Waals surface area contributed by atoms with Crippen LogP contribution in [0.4, 0.5) is 4.79 Å². The van der Waals surface area contributed by atoms with Crippen molar-refractivity contribution in [3.63, 3.8) is 0 Å². The number of carbonyl (C=O) groups excluding carboxylic acids is 2. The number of nitrogens with one attached hydrogen (secondary N) is 1. The van der Waals surface area contributed by atoms with Gasteiger partial charge in [-0.25, -0.2) is 4.79 Å². The summed E-state index contributed by atoms with van der Waals surface area (Å²) >= 11 is 6.64. The normalized spacial score (nSPS) is 18.8. The highest BCUT2D eigenvalue weighted by molar-refractivity contribution is 8.67. The standard InChI is InChI=1S/C10H19N2O4PS2/c1-5-15-17(18,16-6-2)19-7-12-9(14)11-8(13)10(12,3)4/h5-7H2,1-4H3,(H,11,13,14). The molecule has 0 bridgehead atoms. The van der Waals surface area contributed by atoms with E-state index in [0.29, 0.717) is 13.2 Å². The molecule has 0 saturated carbocycles. The van der Waals surface area contributed by atoms with Crippen molar-refractivity contribution in [3.05, 3.63) is 0 Å². The van der Waals surface area contributed by atoms with Crippen molar-refractivity contribution in [3.8, 4) is 0 Å². The first-order valence-electron chi connectivity index (χ1n) is 5.93. The van der Waals surface area contributed by atoms with Crippen LogP contribution in [0.5, 0.6) is 0 Å². The van der Waals surface area contributed by atoms with Crippen molar-refractivity contribution in [2.24, 2.45) is 0 Å². The van der Waals surface area contributed by atoms with Crippen molar-refractivity contribution < 1.29 is 18.6 Å². The summed E-state index contributed by atoms with van der Waals surface area (Å²) in [5, 5.41) is 2.29. The minimum Gasteiger partial charge on any atom is -0.322 e. The molecule has 0 atom stereocenters. The number of amides is 3. The predicted octanol–water partition coefficient (Wildman–Crippen LogP) is 2.31. The Bertz CT molecular complexity index is 406. The first-order chi connectivity index (χ1) is 8.77. The molecule has 1 aliphatic heterocycles. The van der Waals surface area contributed by atoms with Crippen LogP contribution in [-0.2, 0) is 25.6 Å². The lowest BCUT2D eigenvalue weighted by Crippen LogP contribution is -2.43. The Hall–Kier alpha value is -0.140. The van der Waals surface area contributed by atoms with Gasteiger partial charge in [0.25, 0.3) is 5.91 Å². The van der Waals surface area contributed by atoms with Gasteiger partial charge in [0.05, 0.1) is 19.1 Å². The molecule has 0 aromatic heterocycles. The molecule has 1 fully saturated rings. The van der Waals surface area contributed by atoms with Crippen LogP contribution in [0.1, 0.15) is 27.7 Å². The molecule has 1 rings (SSSR count). The quantitative estimate of drug-likeness (QED) is 0.572. The van der Waals surface area contributed by atoms with Gasteiger partial charge in [0.2, 0.25) is 5.69 Å². The van der Waals surface area contributed by atoms with Gasteiger partial charge in [-0.3, -0.25) is 10.1 Å². The minimum atomic E-state index is -2.46. The highest BCUT2D eigenvalue weighted by atomic mass is 32.9. The molecule has 1 aliphatic rings. The number of carbonyl (C=O) groups is 2. The summed E-state index contributed by atoms with van der Waals surface area (Å²) in [6, 6.07) is -0.406. The van der Waals surface area contributed by atoms with E-state index in [0.717, 1.165) is 0 Å². The second kappa shape index (κ2) is 6.54. The van der Waals surface area contributed by atoms with Gasteiger partial charge >= 0.3 is 6.03 Å². The number of imide groups is 1. The lowest BCUT2D eigenvalue weighted by Gasteiger charge is -2.29. The van der Waals surface area contributed by atoms with Gasteiger partial charge in [0.15, 0.2) is 0 Å². The predicted molar refractivity (Wildman–Crippen MR) is 79.5 cm³/mol. The zero-order valence-electron chi connectivity index (χ0n) is 11.5. The highest BCUT2D eigenvalue weighted by Gasteiger charge is 2.46. The van der Waals surface area contributed by atoms with Crippen LogP contribution in [0.15, 0.2) is 0 Å². The molecule has 0 aliphatic carbocycles. The zero-order chi connectivity index (χ0) is 14.7. The minimum absolute atomic E-state index is 0.266. The van der Waals surface area contributed by atoms with Crippen LogP contribution in [0, 0.1) is 0 Å². The number of urea groups is 1. The van der Waals surface area contributed by atoms with Gasteiger partial charge in [-0.1, -0.05) is 0 Å². The van der Waals surface area contributed by atoms with Crippen molar-refractivity contribution >= 4 is 40.8 Å². The molecule has 1 heterocycles. The largest absolute Gasteiger partial charge is 0.325 e. The molecule has 110 valence electrons. The third-order valence-electron chi connectivity index (χ3n) is 2.62. The van der Waals surface area contributed by atoms with Gasteiger partial charge in [0.1, 0.15) is 5.54 Å². The Morgan fingerprint density at radius 2 is 1.84 bits per heavy atom. The maximum absolute atomic E-state index is 11.7. The maximum Gasteiger partial charge on any atom is 0.325 e. The van der Waals surface area contributed by atoms with E-state index in [2.05, 4.69) is 5.32 Å². The Labute approximate surface area is 122 Å². The molecule has 0 unspecified atom stereocenters. The van der Waals surface area contributed by atoms with E-state index in [1.54, 1.807) is 13.8 Å². The molecular formula is C10H19N2O4PS2. The molecular weight excluding hydrogens is 307 g/mol. The van der Waals surface area contributed by atoms with Crippen LogP contribution < -0.4 is 5.32 Å². The fourth-order valence-electron chi connectivity index (χ4n) is 1.47. The Morgan fingerprint density at radius 3 is 2.21 bits per heavy atom. The van der Waals surface area contributed by atoms with Gasteiger partial charge in [0, 0.05) is 0 Å². The lowest BCUT2D eigenvalue weighted by molar-refractivity contribution is -0.124. The molecule has 9 heteroatoms. The van der Waals surface area contributed by atoms with Gasteiger partial charge in [-0.15, -0.1) is 0 Å². The summed E-state index contributed by atoms with van der Waals surface area (Å²) in [4.78, 5) is 24.8. The molecule has 0 spiro atoms. The molecule has 19 heavy (non-hydrogen) atoms. The van der Waals surface area contributed by atoms with Crippen LogP contribution in [-0.4, -0.2) is 41.5 Å². The molecule has 1 saturated heterocycles. The maximum atomic E-state index is 11.7. The average molecular weight is 326 g/mol. The molecule has 3 amide bonds. The van der Waals surface area contributed by atoms with Crippen molar-refractivity contribution in [2.75, 3.05) is 19.1 Å². The Balaban J connectivity index is 2.72. The van der Waals surface area contributed by atoms with Crippen molar-refractivity contribution in [2.45, 2.75) is 33.2 Å². The van der Waals surface area contributed by atoms with E-state index in [9.17, 15) is 9.59 Å². The fraction of sp³-hybridized carbons (Fsp3) is 0.800. The second-order valence-electron chi connectivity index (χ2n) is 4.29. The Kier molecular flexibility index (Phi) is 5.82. The van der Waals surface area contributed by atoms with E-state index in [4.69, 9.17) is 20.9 Å². The topological polar surface area (TPSA) is 67.9 Å². The van der Waals surface area contributed by atoms with Gasteiger partial charge in [-0.2, -0.15) is 0 Å². The van der Waals surface area contributed by atoms with Gasteiger partial charge in [-0.05, 0) is 50.9 Å². The molecule has 6 nitrogen and oxygen atoms in total. The number of nitrogens with zero attached hydrogens (tertiary/aromatic N) is 1. The van der Waals surface area contributed by atoms with Crippen LogP contribution in [0.25, 0.3) is 0 Å². The van der Waals surface area contributed by atoms with E-state index in [-0.39, 0.29) is 11.8 Å². The van der Waals surface area contributed by atoms with E-state index >= 15 is 0 Å². The van der Waals surface area contributed by atoms with Crippen molar-refractivity contribution in [1.82, 2.24) is 10.2 Å². The summed E-state index contributed by atoms with van der Waals surface area (Å²) < 4.78 is 11.0. The average Bonchev–Trinajstić information content (AvgIpc) is 2.47. The fourth-order valence-corrected chi connectivity index (χ4v) is 5.93. The molecule has 0 aromatic rings. The number of rotatable bonds is 7. The van der Waals surface area contributed by atoms with E-state index < -0.39 is 17.3 Å². The zero-order valence-corrected chi connectivity index (χ0v) is 14.0. The van der Waals surface area contributed by atoms with E-state index in [1.807, 2.05) is 13.8 Å². The SMILES string of the molecule is CCOP(=S)(OCC)SCN1C(=O)NC(=O)C1(C)C. The third-order valence-corrected chi connectivity index (χ3v) is 7.96. The van der Waals surface area contributed by atoms with Crippen LogP contribution in [0.3, 0.4) is 0 Å². The summed E-state index contributed by atoms with van der Waals surface area (Å²) in [7, 11) is 0. The summed E-state index contributed by atoms with van der Waals surface area (Å²) in [6.07, 6.45) is 0. The summed E-state index contributed by atoms with van der Waals surface area (Å²) in [5.41, 5.74) is -3.33. The third kappa shape index (κ3) is 3.92. The molecule has 0 aromatic carbocycles.